The van der Waals surface area contributed by atoms with Gasteiger partial charge in [0.15, 0.2) is 5.60 Å². The van der Waals surface area contributed by atoms with Crippen LogP contribution in [0.15, 0.2) is 97.2 Å². The number of carbonyl (C=O) groups is 2. The molecule has 0 saturated carbocycles. The first kappa shape index (κ1) is 32.7. The second kappa shape index (κ2) is 13.6. The zero-order chi connectivity index (χ0) is 34.0. The normalized spacial score (nSPS) is 20.9. The molecular weight excluding hydrogens is 618 g/mol. The summed E-state index contributed by atoms with van der Waals surface area (Å²) in [5.74, 6) is -0.921. The van der Waals surface area contributed by atoms with Crippen LogP contribution in [0.1, 0.15) is 43.0 Å². The molecule has 1 spiro atoms. The number of piperidine rings is 1. The van der Waals surface area contributed by atoms with Gasteiger partial charge in [-0.2, -0.15) is 0 Å². The first-order chi connectivity index (χ1) is 23.8. The van der Waals surface area contributed by atoms with Gasteiger partial charge in [0.2, 0.25) is 0 Å². The molecule has 2 atom stereocenters. The van der Waals surface area contributed by atoms with Gasteiger partial charge in [0.1, 0.15) is 5.54 Å². The number of amides is 2. The molecule has 0 aliphatic carbocycles. The predicted octanol–water partition coefficient (Wildman–Crippen LogP) is 3.76. The molecule has 49 heavy (non-hydrogen) atoms. The van der Waals surface area contributed by atoms with Gasteiger partial charge >= 0.3 is 0 Å². The zero-order valence-electron chi connectivity index (χ0n) is 27.8. The molecule has 0 radical (unpaired) electrons. The number of hydrogen-bond acceptors (Lipinski definition) is 8. The van der Waals surface area contributed by atoms with Crippen molar-refractivity contribution in [2.24, 2.45) is 5.92 Å². The summed E-state index contributed by atoms with van der Waals surface area (Å²) in [6.45, 7) is 4.63. The van der Waals surface area contributed by atoms with Crippen molar-refractivity contribution in [1.82, 2.24) is 20.3 Å². The van der Waals surface area contributed by atoms with Crippen LogP contribution in [0.4, 0.5) is 17.1 Å². The van der Waals surface area contributed by atoms with Crippen molar-refractivity contribution in [3.05, 3.63) is 114 Å². The Morgan fingerprint density at radius 2 is 1.69 bits per heavy atom. The molecule has 254 valence electrons. The van der Waals surface area contributed by atoms with E-state index in [0.29, 0.717) is 62.4 Å². The van der Waals surface area contributed by atoms with E-state index in [9.17, 15) is 14.7 Å². The van der Waals surface area contributed by atoms with Crippen LogP contribution in [-0.4, -0.2) is 68.9 Å². The summed E-state index contributed by atoms with van der Waals surface area (Å²) >= 11 is 0. The van der Waals surface area contributed by atoms with Gasteiger partial charge in [-0.1, -0.05) is 72.8 Å². The number of carbonyl (C=O) groups excluding carboxylic acids is 2. The summed E-state index contributed by atoms with van der Waals surface area (Å²) in [5.41, 5.74) is 1.97. The summed E-state index contributed by atoms with van der Waals surface area (Å²) in [7, 11) is 0. The first-order valence-corrected chi connectivity index (χ1v) is 17.1. The smallest absolute Gasteiger partial charge is 0.264 e. The Morgan fingerprint density at radius 3 is 2.43 bits per heavy atom. The van der Waals surface area contributed by atoms with Crippen LogP contribution >= 0.6 is 0 Å². The summed E-state index contributed by atoms with van der Waals surface area (Å²) in [4.78, 5) is 34.5. The summed E-state index contributed by atoms with van der Waals surface area (Å²) < 4.78 is 1.72. The average Bonchev–Trinajstić information content (AvgIpc) is 3.76. The number of rotatable bonds is 11. The van der Waals surface area contributed by atoms with Crippen molar-refractivity contribution >= 4 is 28.9 Å². The zero-order valence-corrected chi connectivity index (χ0v) is 27.8. The Kier molecular flexibility index (Phi) is 9.06. The molecule has 7 rings (SSSR count). The lowest BCUT2D eigenvalue weighted by Crippen LogP contribution is -2.55. The molecule has 3 aromatic carbocycles. The Labute approximate surface area is 286 Å². The van der Waals surface area contributed by atoms with E-state index in [0.717, 1.165) is 30.0 Å². The van der Waals surface area contributed by atoms with Crippen LogP contribution in [0.25, 0.3) is 0 Å². The highest BCUT2D eigenvalue weighted by Gasteiger charge is 2.55. The minimum absolute atomic E-state index is 0.0166. The van der Waals surface area contributed by atoms with Crippen molar-refractivity contribution in [3.63, 3.8) is 0 Å². The maximum Gasteiger partial charge on any atom is 0.264 e. The number of anilines is 3. The molecule has 11 heteroatoms. The van der Waals surface area contributed by atoms with Gasteiger partial charge < -0.3 is 25.3 Å². The van der Waals surface area contributed by atoms with Crippen LogP contribution in [0.2, 0.25) is 0 Å². The minimum Gasteiger partial charge on any atom is -0.396 e. The molecule has 3 N–H and O–H groups in total. The highest BCUT2D eigenvalue weighted by atomic mass is 16.3. The molecule has 0 unspecified atom stereocenters. The van der Waals surface area contributed by atoms with E-state index in [1.165, 1.54) is 0 Å². The van der Waals surface area contributed by atoms with Gasteiger partial charge in [0.05, 0.1) is 24.6 Å². The maximum absolute atomic E-state index is 14.4. The molecule has 3 aliphatic heterocycles. The molecule has 2 fully saturated rings. The number of aryl methyl sites for hydroxylation is 1. The first-order valence-electron chi connectivity index (χ1n) is 17.1. The molecule has 11 nitrogen and oxygen atoms in total. The van der Waals surface area contributed by atoms with Crippen LogP contribution in [0.3, 0.4) is 0 Å². The van der Waals surface area contributed by atoms with Gasteiger partial charge in [-0.15, -0.1) is 5.10 Å². The fourth-order valence-corrected chi connectivity index (χ4v) is 7.52. The second-order valence-electron chi connectivity index (χ2n) is 13.2. The van der Waals surface area contributed by atoms with Gasteiger partial charge in [0.25, 0.3) is 11.8 Å². The number of benzene rings is 3. The fourth-order valence-electron chi connectivity index (χ4n) is 7.52. The molecule has 3 aliphatic rings. The quantitative estimate of drug-likeness (QED) is 0.208. The van der Waals surface area contributed by atoms with Crippen molar-refractivity contribution in [2.75, 3.05) is 41.1 Å². The Morgan fingerprint density at radius 1 is 0.959 bits per heavy atom. The monoisotopic (exact) mass is 661 g/mol. The Hall–Kier alpha value is -4.84. The van der Waals surface area contributed by atoms with E-state index in [1.807, 2.05) is 109 Å². The predicted molar refractivity (Wildman–Crippen MR) is 188 cm³/mol. The Balaban J connectivity index is 1.21. The molecular formula is C38H43N7O4. The van der Waals surface area contributed by atoms with Gasteiger partial charge in [-0.05, 0) is 68.2 Å². The number of allylic oxidation sites excluding steroid dienone is 1. The molecule has 4 heterocycles. The van der Waals surface area contributed by atoms with Crippen molar-refractivity contribution < 1.29 is 19.8 Å². The van der Waals surface area contributed by atoms with E-state index in [2.05, 4.69) is 20.5 Å². The topological polar surface area (TPSA) is 127 Å². The number of nitrogens with one attached hydrogen (secondary N) is 1. The van der Waals surface area contributed by atoms with Crippen LogP contribution in [-0.2, 0) is 34.7 Å². The number of para-hydroxylation sites is 1. The summed E-state index contributed by atoms with van der Waals surface area (Å²) in [5, 5.41) is 33.3. The molecule has 2 saturated heterocycles. The summed E-state index contributed by atoms with van der Waals surface area (Å²) in [6, 6.07) is 25.4. The molecule has 1 aromatic heterocycles. The Bertz CT molecular complexity index is 1820. The lowest BCUT2D eigenvalue weighted by Gasteiger charge is -2.39. The van der Waals surface area contributed by atoms with E-state index in [-0.39, 0.29) is 18.4 Å². The van der Waals surface area contributed by atoms with E-state index in [4.69, 9.17) is 5.11 Å². The van der Waals surface area contributed by atoms with Crippen molar-refractivity contribution in [3.8, 4) is 0 Å². The fraction of sp³-hybridized carbons (Fsp3) is 0.368. The maximum atomic E-state index is 14.4. The number of aromatic nitrogens is 3. The lowest BCUT2D eigenvalue weighted by atomic mass is 9.82. The van der Waals surface area contributed by atoms with Crippen LogP contribution < -0.4 is 20.0 Å². The molecule has 2 amide bonds. The lowest BCUT2D eigenvalue weighted by molar-refractivity contribution is -0.139. The van der Waals surface area contributed by atoms with Crippen molar-refractivity contribution in [1.29, 1.82) is 0 Å². The number of aliphatic hydroxyl groups excluding tert-OH is 1. The third kappa shape index (κ3) is 5.92. The van der Waals surface area contributed by atoms with E-state index in [1.54, 1.807) is 9.58 Å². The second-order valence-corrected chi connectivity index (χ2v) is 13.2. The number of aliphatic hydroxyl groups is 2. The number of hydrogen-bond donors (Lipinski definition) is 3. The third-order valence-electron chi connectivity index (χ3n) is 10.3. The van der Waals surface area contributed by atoms with Crippen molar-refractivity contribution in [2.45, 2.75) is 56.8 Å². The van der Waals surface area contributed by atoms with Gasteiger partial charge in [0, 0.05) is 48.6 Å². The SMILES string of the molecule is C[C@@H](/C=C/CCn1cc(CCO)nn1)[C@]1(O)C(=O)N(Cc2ccccc2)c2ccc(N3CN(c4ccccc4)C4(CCNCC4)C3=O)cc21. The standard InChI is InChI=1S/C38H43N7O4/c1-28(10-8-9-22-42-26-30(17-23-46)40-41-42)38(49)33-24-32(15-16-34(33)43(36(38)48)25-29-11-4-2-5-12-29)44-27-45(31-13-6-3-7-14-31)37(35(44)47)18-20-39-21-19-37/h2-8,10-16,24,26,28,39,46,49H,9,17-23,25,27H2,1H3/b10-8+/t28-,38+/m0/s1. The van der Waals surface area contributed by atoms with E-state index < -0.39 is 17.1 Å². The highest BCUT2D eigenvalue weighted by Crippen LogP contribution is 2.48. The largest absolute Gasteiger partial charge is 0.396 e. The van der Waals surface area contributed by atoms with Gasteiger partial charge in [-0.25, -0.2) is 0 Å². The molecule has 4 aromatic rings. The molecule has 0 bridgehead atoms. The summed E-state index contributed by atoms with van der Waals surface area (Å²) in [6.07, 6.45) is 8.10. The number of nitrogens with zero attached hydrogens (tertiary/aromatic N) is 6. The van der Waals surface area contributed by atoms with Gasteiger partial charge in [-0.3, -0.25) is 19.2 Å². The highest BCUT2D eigenvalue weighted by molar-refractivity contribution is 6.09. The third-order valence-corrected chi connectivity index (χ3v) is 10.3. The van der Waals surface area contributed by atoms with E-state index >= 15 is 0 Å². The average molecular weight is 662 g/mol. The number of fused-ring (bicyclic) bond motifs is 1. The van der Waals surface area contributed by atoms with Crippen LogP contribution in [0, 0.1) is 5.92 Å². The van der Waals surface area contributed by atoms with Crippen LogP contribution in [0.5, 0.6) is 0 Å². The minimum atomic E-state index is -1.84.